The minimum atomic E-state index is 0.230. The summed E-state index contributed by atoms with van der Waals surface area (Å²) >= 11 is 0. The Morgan fingerprint density at radius 2 is 1.84 bits per heavy atom. The minimum absolute atomic E-state index is 0.230. The molecule has 3 rings (SSSR count). The van der Waals surface area contributed by atoms with E-state index in [1.807, 2.05) is 4.90 Å². The first kappa shape index (κ1) is 13.2. The maximum Gasteiger partial charge on any atom is 0.320 e. The zero-order chi connectivity index (χ0) is 13.1. The van der Waals surface area contributed by atoms with Crippen molar-refractivity contribution in [1.82, 2.24) is 15.1 Å². The Labute approximate surface area is 115 Å². The van der Waals surface area contributed by atoms with Crippen molar-refractivity contribution in [1.29, 1.82) is 0 Å². The molecule has 1 atom stereocenters. The number of carbonyl (C=O) groups is 1. The van der Waals surface area contributed by atoms with E-state index in [2.05, 4.69) is 10.2 Å². The Morgan fingerprint density at radius 1 is 1.05 bits per heavy atom. The summed E-state index contributed by atoms with van der Waals surface area (Å²) in [5.74, 6) is 0. The van der Waals surface area contributed by atoms with E-state index in [9.17, 15) is 4.79 Å². The molecule has 5 nitrogen and oxygen atoms in total. The second-order valence-electron chi connectivity index (χ2n) is 6.19. The minimum Gasteiger partial charge on any atom is -0.378 e. The van der Waals surface area contributed by atoms with Crippen LogP contribution in [0.1, 0.15) is 25.7 Å². The molecule has 2 amide bonds. The predicted molar refractivity (Wildman–Crippen MR) is 73.1 cm³/mol. The van der Waals surface area contributed by atoms with Gasteiger partial charge in [-0.05, 0) is 32.2 Å². The molecular formula is C14H25N3O2. The van der Waals surface area contributed by atoms with Crippen LogP contribution in [0.5, 0.6) is 0 Å². The number of ether oxygens (including phenoxy) is 1. The van der Waals surface area contributed by atoms with Crippen molar-refractivity contribution in [2.24, 2.45) is 5.41 Å². The van der Waals surface area contributed by atoms with Gasteiger partial charge in [-0.2, -0.15) is 0 Å². The number of amides is 2. The van der Waals surface area contributed by atoms with E-state index < -0.39 is 0 Å². The van der Waals surface area contributed by atoms with Crippen molar-refractivity contribution in [2.45, 2.75) is 25.7 Å². The first-order chi connectivity index (χ1) is 9.29. The summed E-state index contributed by atoms with van der Waals surface area (Å²) in [6.45, 7) is 6.97. The maximum atomic E-state index is 12.6. The maximum absolute atomic E-state index is 12.6. The molecule has 0 aromatic carbocycles. The number of morpholine rings is 1. The predicted octanol–water partition coefficient (Wildman–Crippen LogP) is 0.904. The van der Waals surface area contributed by atoms with Crippen LogP contribution in [0.3, 0.4) is 0 Å². The summed E-state index contributed by atoms with van der Waals surface area (Å²) in [5.41, 5.74) is 0.346. The van der Waals surface area contributed by atoms with E-state index in [-0.39, 0.29) is 6.03 Å². The van der Waals surface area contributed by atoms with Gasteiger partial charge in [0.05, 0.1) is 13.2 Å². The fourth-order valence-corrected chi connectivity index (χ4v) is 3.70. The molecule has 0 aromatic rings. The van der Waals surface area contributed by atoms with E-state index in [1.54, 1.807) is 0 Å². The lowest BCUT2D eigenvalue weighted by atomic mass is 9.74. The van der Waals surface area contributed by atoms with E-state index in [0.717, 1.165) is 45.7 Å². The van der Waals surface area contributed by atoms with E-state index in [4.69, 9.17) is 4.74 Å². The van der Waals surface area contributed by atoms with Crippen molar-refractivity contribution >= 4 is 6.03 Å². The van der Waals surface area contributed by atoms with Crippen LogP contribution in [0, 0.1) is 5.41 Å². The Balaban J connectivity index is 1.62. The molecule has 5 heteroatoms. The molecule has 3 fully saturated rings. The molecule has 1 N–H and O–H groups in total. The first-order valence-electron chi connectivity index (χ1n) is 7.61. The number of nitrogens with zero attached hydrogens (tertiary/aromatic N) is 2. The van der Waals surface area contributed by atoms with Gasteiger partial charge in [-0.1, -0.05) is 0 Å². The zero-order valence-corrected chi connectivity index (χ0v) is 11.7. The molecule has 19 heavy (non-hydrogen) atoms. The lowest BCUT2D eigenvalue weighted by Gasteiger charge is -2.46. The number of piperidine rings is 2. The average molecular weight is 267 g/mol. The molecule has 0 aliphatic carbocycles. The Bertz CT molecular complexity index is 317. The van der Waals surface area contributed by atoms with Gasteiger partial charge in [0.1, 0.15) is 0 Å². The van der Waals surface area contributed by atoms with Crippen LogP contribution in [0.15, 0.2) is 0 Å². The average Bonchev–Trinajstić information content (AvgIpc) is 2.48. The quantitative estimate of drug-likeness (QED) is 0.709. The first-order valence-corrected chi connectivity index (χ1v) is 7.61. The summed E-state index contributed by atoms with van der Waals surface area (Å²) in [6.07, 6.45) is 4.94. The smallest absolute Gasteiger partial charge is 0.320 e. The van der Waals surface area contributed by atoms with Crippen molar-refractivity contribution in [3.05, 3.63) is 0 Å². The lowest BCUT2D eigenvalue weighted by molar-refractivity contribution is 0.0267. The summed E-state index contributed by atoms with van der Waals surface area (Å²) in [5, 5.41) is 3.51. The Hall–Kier alpha value is -0.810. The number of hydrogen-bond acceptors (Lipinski definition) is 3. The molecule has 0 bridgehead atoms. The SMILES string of the molecule is O=C(N1CCOCC1)N1CCC[C@]2(CCCNC2)C1. The number of carbonyl (C=O) groups excluding carboxylic acids is 1. The molecule has 108 valence electrons. The van der Waals surface area contributed by atoms with Crippen LogP contribution < -0.4 is 5.32 Å². The van der Waals surface area contributed by atoms with Gasteiger partial charge in [0.15, 0.2) is 0 Å². The monoisotopic (exact) mass is 267 g/mol. The third-order valence-electron chi connectivity index (χ3n) is 4.77. The number of hydrogen-bond donors (Lipinski definition) is 1. The highest BCUT2D eigenvalue weighted by Crippen LogP contribution is 2.36. The van der Waals surface area contributed by atoms with E-state index in [1.165, 1.54) is 19.3 Å². The fourth-order valence-electron chi connectivity index (χ4n) is 3.70. The highest BCUT2D eigenvalue weighted by Gasteiger charge is 2.39. The second kappa shape index (κ2) is 5.67. The van der Waals surface area contributed by atoms with Gasteiger partial charge in [-0.15, -0.1) is 0 Å². The topological polar surface area (TPSA) is 44.8 Å². The van der Waals surface area contributed by atoms with E-state index in [0.29, 0.717) is 18.6 Å². The van der Waals surface area contributed by atoms with Crippen LogP contribution in [0.4, 0.5) is 4.79 Å². The second-order valence-corrected chi connectivity index (χ2v) is 6.19. The highest BCUT2D eigenvalue weighted by atomic mass is 16.5. The molecule has 3 aliphatic rings. The van der Waals surface area contributed by atoms with Crippen molar-refractivity contribution in [3.63, 3.8) is 0 Å². The van der Waals surface area contributed by atoms with Gasteiger partial charge in [-0.3, -0.25) is 0 Å². The van der Waals surface area contributed by atoms with Crippen LogP contribution in [0.25, 0.3) is 0 Å². The van der Waals surface area contributed by atoms with Crippen LogP contribution in [-0.2, 0) is 4.74 Å². The number of nitrogens with one attached hydrogen (secondary N) is 1. The van der Waals surface area contributed by atoms with Gasteiger partial charge in [0.25, 0.3) is 0 Å². The molecule has 0 aromatic heterocycles. The number of rotatable bonds is 0. The molecule has 3 heterocycles. The molecule has 3 saturated heterocycles. The van der Waals surface area contributed by atoms with Gasteiger partial charge in [-0.25, -0.2) is 4.79 Å². The standard InChI is InChI=1S/C14H25N3O2/c18-13(16-7-9-19-10-8-16)17-6-2-4-14(12-17)3-1-5-15-11-14/h15H,1-12H2/t14-/m0/s1. The van der Waals surface area contributed by atoms with Crippen LogP contribution in [-0.4, -0.2) is 68.3 Å². The van der Waals surface area contributed by atoms with Gasteiger partial charge < -0.3 is 19.9 Å². The van der Waals surface area contributed by atoms with Crippen molar-refractivity contribution in [2.75, 3.05) is 52.5 Å². The van der Waals surface area contributed by atoms with Gasteiger partial charge in [0.2, 0.25) is 0 Å². The molecule has 0 radical (unpaired) electrons. The zero-order valence-electron chi connectivity index (χ0n) is 11.7. The molecule has 1 spiro atoms. The van der Waals surface area contributed by atoms with Crippen LogP contribution >= 0.6 is 0 Å². The van der Waals surface area contributed by atoms with Gasteiger partial charge >= 0.3 is 6.03 Å². The fraction of sp³-hybridized carbons (Fsp3) is 0.929. The molecule has 3 aliphatic heterocycles. The van der Waals surface area contributed by atoms with E-state index >= 15 is 0 Å². The third kappa shape index (κ3) is 2.87. The van der Waals surface area contributed by atoms with Crippen molar-refractivity contribution < 1.29 is 9.53 Å². The largest absolute Gasteiger partial charge is 0.378 e. The number of urea groups is 1. The third-order valence-corrected chi connectivity index (χ3v) is 4.77. The van der Waals surface area contributed by atoms with Gasteiger partial charge in [0, 0.05) is 38.1 Å². The lowest BCUT2D eigenvalue weighted by Crippen LogP contribution is -2.56. The molecule has 0 saturated carbocycles. The molecule has 0 unspecified atom stereocenters. The Morgan fingerprint density at radius 3 is 2.58 bits per heavy atom. The summed E-state index contributed by atoms with van der Waals surface area (Å²) in [7, 11) is 0. The number of likely N-dealkylation sites (tertiary alicyclic amines) is 1. The summed E-state index contributed by atoms with van der Waals surface area (Å²) in [4.78, 5) is 16.6. The normalized spacial score (nSPS) is 32.6. The summed E-state index contributed by atoms with van der Waals surface area (Å²) in [6, 6.07) is 0.230. The molecular weight excluding hydrogens is 242 g/mol. The Kier molecular flexibility index (Phi) is 3.93. The summed E-state index contributed by atoms with van der Waals surface area (Å²) < 4.78 is 5.32. The van der Waals surface area contributed by atoms with Crippen molar-refractivity contribution in [3.8, 4) is 0 Å². The van der Waals surface area contributed by atoms with Crippen LogP contribution in [0.2, 0.25) is 0 Å². The highest BCUT2D eigenvalue weighted by molar-refractivity contribution is 5.74.